The van der Waals surface area contributed by atoms with Crippen molar-refractivity contribution in [2.24, 2.45) is 0 Å². The van der Waals surface area contributed by atoms with Gasteiger partial charge in [0.15, 0.2) is 0 Å². The molecule has 1 aromatic carbocycles. The maximum Gasteiger partial charge on any atom is 0.418 e. The molecule has 6 nitrogen and oxygen atoms in total. The van der Waals surface area contributed by atoms with Crippen molar-refractivity contribution >= 4 is 33.7 Å². The fourth-order valence-electron chi connectivity index (χ4n) is 2.76. The van der Waals surface area contributed by atoms with Crippen molar-refractivity contribution < 1.29 is 32.6 Å². The molecule has 27 heavy (non-hydrogen) atoms. The van der Waals surface area contributed by atoms with Crippen LogP contribution in [0.1, 0.15) is 26.3 Å². The number of nitrogens with zero attached hydrogens (tertiary/aromatic N) is 2. The van der Waals surface area contributed by atoms with Crippen LogP contribution in [0.4, 0.5) is 23.7 Å². The molecule has 1 aliphatic rings. The Morgan fingerprint density at radius 1 is 1.22 bits per heavy atom. The van der Waals surface area contributed by atoms with Crippen LogP contribution in [0.2, 0.25) is 0 Å². The molecule has 1 amide bonds. The molecule has 0 spiro atoms. The Kier molecular flexibility index (Phi) is 5.98. The number of piperazine rings is 1. The number of carboxylic acids is 1. The molecule has 1 atom stereocenters. The molecule has 0 radical (unpaired) electrons. The number of carboxylic acid groups (broad SMARTS) is 1. The molecule has 1 fully saturated rings. The largest absolute Gasteiger partial charge is 0.480 e. The lowest BCUT2D eigenvalue weighted by molar-refractivity contribution is -0.143. The SMILES string of the molecule is CC(C)(C)OC(=O)N1CCN(c2cc(Br)ccc2C(F)(F)F)CC1C(=O)O. The molecule has 0 aromatic heterocycles. The van der Waals surface area contributed by atoms with Crippen molar-refractivity contribution in [2.75, 3.05) is 24.5 Å². The predicted octanol–water partition coefficient (Wildman–Crippen LogP) is 3.98. The first-order valence-electron chi connectivity index (χ1n) is 8.14. The summed E-state index contributed by atoms with van der Waals surface area (Å²) in [7, 11) is 0. The van der Waals surface area contributed by atoms with Crippen LogP contribution in [-0.4, -0.2) is 53.3 Å². The van der Waals surface area contributed by atoms with E-state index in [1.807, 2.05) is 0 Å². The summed E-state index contributed by atoms with van der Waals surface area (Å²) in [6.07, 6.45) is -5.39. The minimum absolute atomic E-state index is 0.0442. The average molecular weight is 453 g/mol. The molecule has 0 bridgehead atoms. The highest BCUT2D eigenvalue weighted by atomic mass is 79.9. The Labute approximate surface area is 163 Å². The summed E-state index contributed by atoms with van der Waals surface area (Å²) in [6.45, 7) is 4.63. The van der Waals surface area contributed by atoms with Crippen LogP contribution < -0.4 is 4.90 Å². The van der Waals surface area contributed by atoms with Crippen molar-refractivity contribution in [3.8, 4) is 0 Å². The number of carbonyl (C=O) groups is 2. The van der Waals surface area contributed by atoms with E-state index in [0.717, 1.165) is 11.0 Å². The summed E-state index contributed by atoms with van der Waals surface area (Å²) in [5, 5.41) is 9.50. The molecule has 2 rings (SSSR count). The van der Waals surface area contributed by atoms with Gasteiger partial charge in [-0.15, -0.1) is 0 Å². The minimum Gasteiger partial charge on any atom is -0.480 e. The maximum atomic E-state index is 13.3. The van der Waals surface area contributed by atoms with Gasteiger partial charge in [0, 0.05) is 24.1 Å². The molecule has 1 saturated heterocycles. The number of halogens is 4. The van der Waals surface area contributed by atoms with Gasteiger partial charge in [-0.1, -0.05) is 15.9 Å². The van der Waals surface area contributed by atoms with E-state index in [2.05, 4.69) is 15.9 Å². The summed E-state index contributed by atoms with van der Waals surface area (Å²) in [6, 6.07) is 2.19. The van der Waals surface area contributed by atoms with Crippen LogP contribution in [0.25, 0.3) is 0 Å². The second-order valence-corrected chi connectivity index (χ2v) is 8.05. The fourth-order valence-corrected chi connectivity index (χ4v) is 3.11. The molecule has 1 aliphatic heterocycles. The summed E-state index contributed by atoms with van der Waals surface area (Å²) >= 11 is 3.15. The van der Waals surface area contributed by atoms with Crippen molar-refractivity contribution in [3.05, 3.63) is 28.2 Å². The van der Waals surface area contributed by atoms with Gasteiger partial charge >= 0.3 is 18.2 Å². The lowest BCUT2D eigenvalue weighted by atomic mass is 10.1. The monoisotopic (exact) mass is 452 g/mol. The molecule has 1 unspecified atom stereocenters. The highest BCUT2D eigenvalue weighted by Gasteiger charge is 2.41. The third-order valence-electron chi connectivity index (χ3n) is 3.90. The van der Waals surface area contributed by atoms with Crippen LogP contribution >= 0.6 is 15.9 Å². The zero-order valence-corrected chi connectivity index (χ0v) is 16.6. The summed E-state index contributed by atoms with van der Waals surface area (Å²) in [4.78, 5) is 26.3. The van der Waals surface area contributed by atoms with Crippen molar-refractivity contribution in [2.45, 2.75) is 38.6 Å². The number of ether oxygens (including phenoxy) is 1. The van der Waals surface area contributed by atoms with E-state index in [1.54, 1.807) is 20.8 Å². The van der Waals surface area contributed by atoms with Crippen molar-refractivity contribution in [1.29, 1.82) is 0 Å². The number of hydrogen-bond donors (Lipinski definition) is 1. The van der Waals surface area contributed by atoms with Crippen LogP contribution in [0.5, 0.6) is 0 Å². The van der Waals surface area contributed by atoms with Crippen molar-refractivity contribution in [3.63, 3.8) is 0 Å². The molecular formula is C17H20BrF3N2O4. The normalized spacial score (nSPS) is 18.4. The number of rotatable bonds is 2. The Morgan fingerprint density at radius 3 is 2.37 bits per heavy atom. The lowest BCUT2D eigenvalue weighted by Gasteiger charge is -2.41. The zero-order valence-electron chi connectivity index (χ0n) is 15.0. The highest BCUT2D eigenvalue weighted by Crippen LogP contribution is 2.38. The molecule has 0 aliphatic carbocycles. The van der Waals surface area contributed by atoms with Gasteiger partial charge in [0.25, 0.3) is 0 Å². The number of hydrogen-bond acceptors (Lipinski definition) is 4. The lowest BCUT2D eigenvalue weighted by Crippen LogP contribution is -2.59. The van der Waals surface area contributed by atoms with Crippen LogP contribution in [-0.2, 0) is 15.7 Å². The molecule has 1 heterocycles. The van der Waals surface area contributed by atoms with E-state index in [0.29, 0.717) is 4.47 Å². The smallest absolute Gasteiger partial charge is 0.418 e. The average Bonchev–Trinajstić information content (AvgIpc) is 2.51. The number of anilines is 1. The predicted molar refractivity (Wildman–Crippen MR) is 95.7 cm³/mol. The van der Waals surface area contributed by atoms with E-state index in [9.17, 15) is 27.9 Å². The third-order valence-corrected chi connectivity index (χ3v) is 4.39. The highest BCUT2D eigenvalue weighted by molar-refractivity contribution is 9.10. The first-order chi connectivity index (χ1) is 12.3. The Balaban J connectivity index is 2.31. The van der Waals surface area contributed by atoms with E-state index in [4.69, 9.17) is 4.74 Å². The number of aliphatic carboxylic acids is 1. The van der Waals surface area contributed by atoms with E-state index in [-0.39, 0.29) is 25.3 Å². The van der Waals surface area contributed by atoms with Crippen LogP contribution in [0, 0.1) is 0 Å². The third kappa shape index (κ3) is 5.27. The second-order valence-electron chi connectivity index (χ2n) is 7.13. The van der Waals surface area contributed by atoms with Crippen molar-refractivity contribution in [1.82, 2.24) is 4.90 Å². The topological polar surface area (TPSA) is 70.1 Å². The number of carbonyl (C=O) groups excluding carboxylic acids is 1. The molecule has 1 N–H and O–H groups in total. The van der Waals surface area contributed by atoms with Gasteiger partial charge in [-0.25, -0.2) is 9.59 Å². The Bertz CT molecular complexity index is 734. The zero-order chi connectivity index (χ0) is 20.6. The van der Waals surface area contributed by atoms with E-state index in [1.165, 1.54) is 17.0 Å². The molecular weight excluding hydrogens is 433 g/mol. The Morgan fingerprint density at radius 2 is 1.85 bits per heavy atom. The van der Waals surface area contributed by atoms with Crippen LogP contribution in [0.3, 0.4) is 0 Å². The van der Waals surface area contributed by atoms with Gasteiger partial charge < -0.3 is 14.7 Å². The molecule has 150 valence electrons. The summed E-state index contributed by atoms with van der Waals surface area (Å²) in [5.41, 5.74) is -1.81. The first-order valence-corrected chi connectivity index (χ1v) is 8.93. The Hall–Kier alpha value is -1.97. The van der Waals surface area contributed by atoms with E-state index < -0.39 is 35.4 Å². The quantitative estimate of drug-likeness (QED) is 0.734. The summed E-state index contributed by atoms with van der Waals surface area (Å²) < 4.78 is 45.7. The first kappa shape index (κ1) is 21.3. The van der Waals surface area contributed by atoms with Gasteiger partial charge in [0.2, 0.25) is 0 Å². The molecule has 1 aromatic rings. The summed E-state index contributed by atoms with van der Waals surface area (Å²) in [5.74, 6) is -1.31. The fraction of sp³-hybridized carbons (Fsp3) is 0.529. The maximum absolute atomic E-state index is 13.3. The number of alkyl halides is 3. The standard InChI is InChI=1S/C17H20BrF3N2O4/c1-16(2,3)27-15(26)23-7-6-22(9-13(23)14(24)25)12-8-10(18)4-5-11(12)17(19,20)21/h4-5,8,13H,6-7,9H2,1-3H3,(H,24,25). The van der Waals surface area contributed by atoms with Gasteiger partial charge in [0.05, 0.1) is 11.3 Å². The van der Waals surface area contributed by atoms with E-state index >= 15 is 0 Å². The number of amides is 1. The van der Waals surface area contributed by atoms with Gasteiger partial charge in [0.1, 0.15) is 11.6 Å². The van der Waals surface area contributed by atoms with Gasteiger partial charge in [-0.3, -0.25) is 4.90 Å². The second kappa shape index (κ2) is 7.57. The van der Waals surface area contributed by atoms with Gasteiger partial charge in [-0.2, -0.15) is 13.2 Å². The molecule has 0 saturated carbocycles. The van der Waals surface area contributed by atoms with Crippen LogP contribution in [0.15, 0.2) is 22.7 Å². The molecule has 10 heteroatoms. The number of benzene rings is 1. The minimum atomic E-state index is -4.59. The van der Waals surface area contributed by atoms with Gasteiger partial charge in [-0.05, 0) is 39.0 Å².